The monoisotopic (exact) mass is 248 g/mol. The van der Waals surface area contributed by atoms with Gasteiger partial charge >= 0.3 is 0 Å². The second-order valence-corrected chi connectivity index (χ2v) is 6.05. The van der Waals surface area contributed by atoms with Crippen LogP contribution in [0, 0.1) is 5.41 Å². The summed E-state index contributed by atoms with van der Waals surface area (Å²) in [6.45, 7) is 9.81. The van der Waals surface area contributed by atoms with Crippen LogP contribution in [0.2, 0.25) is 0 Å². The van der Waals surface area contributed by atoms with Gasteiger partial charge in [-0.05, 0) is 33.4 Å². The van der Waals surface area contributed by atoms with E-state index in [2.05, 4.69) is 38.0 Å². The predicted octanol–water partition coefficient (Wildman–Crippen LogP) is 1.86. The van der Waals surface area contributed by atoms with Gasteiger partial charge in [-0.2, -0.15) is 0 Å². The molecule has 2 unspecified atom stereocenters. The fourth-order valence-electron chi connectivity index (χ4n) is 2.68. The summed E-state index contributed by atoms with van der Waals surface area (Å²) in [5.74, 6) is 0. The van der Waals surface area contributed by atoms with E-state index < -0.39 is 0 Å². The highest BCUT2D eigenvalue weighted by molar-refractivity contribution is 5.85. The number of ether oxygens (including phenoxy) is 1. The van der Waals surface area contributed by atoms with E-state index in [0.717, 1.165) is 13.2 Å². The molecule has 0 spiro atoms. The second kappa shape index (κ2) is 4.81. The Hall–Kier alpha value is 0.170. The molecule has 2 aliphatic rings. The molecule has 0 aliphatic carbocycles. The van der Waals surface area contributed by atoms with Gasteiger partial charge in [-0.25, -0.2) is 0 Å². The lowest BCUT2D eigenvalue weighted by atomic mass is 9.90. The van der Waals surface area contributed by atoms with Gasteiger partial charge in [0.15, 0.2) is 0 Å². The van der Waals surface area contributed by atoms with Crippen LogP contribution >= 0.6 is 12.4 Å². The Kier molecular flexibility index (Phi) is 4.28. The Morgan fingerprint density at radius 3 is 2.44 bits per heavy atom. The van der Waals surface area contributed by atoms with E-state index in [1.165, 1.54) is 19.4 Å². The molecular formula is C12H25ClN2O. The van der Waals surface area contributed by atoms with Crippen molar-refractivity contribution in [1.82, 2.24) is 10.2 Å². The second-order valence-electron chi connectivity index (χ2n) is 6.05. The summed E-state index contributed by atoms with van der Waals surface area (Å²) in [7, 11) is 2.20. The van der Waals surface area contributed by atoms with E-state index in [-0.39, 0.29) is 23.5 Å². The lowest BCUT2D eigenvalue weighted by molar-refractivity contribution is -0.156. The molecule has 2 aliphatic heterocycles. The minimum absolute atomic E-state index is 0. The smallest absolute Gasteiger partial charge is 0.132 e. The van der Waals surface area contributed by atoms with Crippen LogP contribution in [-0.2, 0) is 4.74 Å². The first-order valence-corrected chi connectivity index (χ1v) is 6.02. The van der Waals surface area contributed by atoms with Crippen LogP contribution in [0.4, 0.5) is 0 Å². The lowest BCUT2D eigenvalue weighted by Crippen LogP contribution is -2.64. The van der Waals surface area contributed by atoms with Crippen molar-refractivity contribution in [3.63, 3.8) is 0 Å². The first-order valence-electron chi connectivity index (χ1n) is 6.02. The fraction of sp³-hybridized carbons (Fsp3) is 1.00. The number of nitrogens with zero attached hydrogens (tertiary/aromatic N) is 1. The maximum atomic E-state index is 6.08. The van der Waals surface area contributed by atoms with Crippen molar-refractivity contribution in [3.05, 3.63) is 0 Å². The first kappa shape index (κ1) is 14.2. The van der Waals surface area contributed by atoms with E-state index >= 15 is 0 Å². The Morgan fingerprint density at radius 1 is 1.31 bits per heavy atom. The van der Waals surface area contributed by atoms with Gasteiger partial charge in [-0.3, -0.25) is 10.2 Å². The van der Waals surface area contributed by atoms with Gasteiger partial charge in [-0.15, -0.1) is 12.4 Å². The molecule has 0 aromatic carbocycles. The number of halogens is 1. The molecule has 3 nitrogen and oxygen atoms in total. The number of likely N-dealkylation sites (tertiary alicyclic amines) is 1. The SMILES string of the molecule is CN1CCCC1C1(C)NCC(C)(C)CO1.Cl. The molecule has 2 heterocycles. The van der Waals surface area contributed by atoms with Gasteiger partial charge in [0.25, 0.3) is 0 Å². The van der Waals surface area contributed by atoms with E-state index in [0.29, 0.717) is 6.04 Å². The molecule has 0 bridgehead atoms. The molecule has 0 radical (unpaired) electrons. The molecule has 2 rings (SSSR count). The van der Waals surface area contributed by atoms with Crippen LogP contribution in [-0.4, -0.2) is 43.4 Å². The van der Waals surface area contributed by atoms with Crippen molar-refractivity contribution in [1.29, 1.82) is 0 Å². The molecule has 0 saturated carbocycles. The predicted molar refractivity (Wildman–Crippen MR) is 69.0 cm³/mol. The van der Waals surface area contributed by atoms with E-state index in [1.807, 2.05) is 0 Å². The minimum Gasteiger partial charge on any atom is -0.359 e. The van der Waals surface area contributed by atoms with Crippen molar-refractivity contribution in [2.24, 2.45) is 5.41 Å². The number of nitrogens with one attached hydrogen (secondary N) is 1. The van der Waals surface area contributed by atoms with E-state index in [1.54, 1.807) is 0 Å². The normalized spacial score (nSPS) is 39.4. The molecular weight excluding hydrogens is 224 g/mol. The van der Waals surface area contributed by atoms with Crippen molar-refractivity contribution in [3.8, 4) is 0 Å². The summed E-state index contributed by atoms with van der Waals surface area (Å²) >= 11 is 0. The average molecular weight is 249 g/mol. The number of hydrogen-bond acceptors (Lipinski definition) is 3. The highest BCUT2D eigenvalue weighted by Crippen LogP contribution is 2.32. The molecule has 0 amide bonds. The quantitative estimate of drug-likeness (QED) is 0.767. The average Bonchev–Trinajstić information content (AvgIpc) is 2.58. The Labute approximate surface area is 105 Å². The van der Waals surface area contributed by atoms with Gasteiger partial charge < -0.3 is 4.74 Å². The van der Waals surface area contributed by atoms with Crippen molar-refractivity contribution < 1.29 is 4.74 Å². The van der Waals surface area contributed by atoms with Crippen LogP contribution in [0.1, 0.15) is 33.6 Å². The van der Waals surface area contributed by atoms with Gasteiger partial charge in [0, 0.05) is 12.0 Å². The molecule has 2 fully saturated rings. The molecule has 4 heteroatoms. The van der Waals surface area contributed by atoms with Crippen LogP contribution in [0.5, 0.6) is 0 Å². The fourth-order valence-corrected chi connectivity index (χ4v) is 2.68. The zero-order chi connectivity index (χ0) is 11.1. The summed E-state index contributed by atoms with van der Waals surface area (Å²) in [6, 6.07) is 0.536. The third-order valence-electron chi connectivity index (χ3n) is 3.84. The van der Waals surface area contributed by atoms with Gasteiger partial charge in [0.2, 0.25) is 0 Å². The Morgan fingerprint density at radius 2 is 2.00 bits per heavy atom. The molecule has 0 aromatic rings. The summed E-state index contributed by atoms with van der Waals surface area (Å²) in [4.78, 5) is 2.42. The third kappa shape index (κ3) is 2.70. The Bertz CT molecular complexity index is 235. The van der Waals surface area contributed by atoms with Crippen molar-refractivity contribution in [2.75, 3.05) is 26.7 Å². The lowest BCUT2D eigenvalue weighted by Gasteiger charge is -2.47. The number of likely N-dealkylation sites (N-methyl/N-ethyl adjacent to an activating group) is 1. The summed E-state index contributed by atoms with van der Waals surface area (Å²) in [5, 5.41) is 3.59. The molecule has 0 aromatic heterocycles. The highest BCUT2D eigenvalue weighted by Gasteiger charge is 2.44. The molecule has 2 saturated heterocycles. The molecule has 16 heavy (non-hydrogen) atoms. The third-order valence-corrected chi connectivity index (χ3v) is 3.84. The highest BCUT2D eigenvalue weighted by atomic mass is 35.5. The summed E-state index contributed by atoms with van der Waals surface area (Å²) in [6.07, 6.45) is 2.55. The topological polar surface area (TPSA) is 24.5 Å². The molecule has 1 N–H and O–H groups in total. The van der Waals surface area contributed by atoms with Crippen molar-refractivity contribution >= 4 is 12.4 Å². The largest absolute Gasteiger partial charge is 0.359 e. The Balaban J connectivity index is 0.00000128. The number of hydrogen-bond donors (Lipinski definition) is 1. The van der Waals surface area contributed by atoms with Gasteiger partial charge in [0.05, 0.1) is 12.6 Å². The van der Waals surface area contributed by atoms with E-state index in [4.69, 9.17) is 4.74 Å². The van der Waals surface area contributed by atoms with Gasteiger partial charge in [0.1, 0.15) is 5.72 Å². The zero-order valence-corrected chi connectivity index (χ0v) is 11.7. The minimum atomic E-state index is -0.138. The van der Waals surface area contributed by atoms with Crippen LogP contribution in [0.15, 0.2) is 0 Å². The maximum absolute atomic E-state index is 6.08. The van der Waals surface area contributed by atoms with Crippen LogP contribution in [0.25, 0.3) is 0 Å². The zero-order valence-electron chi connectivity index (χ0n) is 10.9. The first-order chi connectivity index (χ1) is 6.93. The van der Waals surface area contributed by atoms with Crippen LogP contribution < -0.4 is 5.32 Å². The van der Waals surface area contributed by atoms with Crippen LogP contribution in [0.3, 0.4) is 0 Å². The maximum Gasteiger partial charge on any atom is 0.132 e. The molecule has 2 atom stereocenters. The van der Waals surface area contributed by atoms with Crippen molar-refractivity contribution in [2.45, 2.75) is 45.4 Å². The summed E-state index contributed by atoms with van der Waals surface area (Å²) in [5.41, 5.74) is 0.136. The van der Waals surface area contributed by atoms with E-state index in [9.17, 15) is 0 Å². The summed E-state index contributed by atoms with van der Waals surface area (Å²) < 4.78 is 6.08. The molecule has 96 valence electrons. The number of rotatable bonds is 1. The van der Waals surface area contributed by atoms with Gasteiger partial charge in [-0.1, -0.05) is 13.8 Å². The standard InChI is InChI=1S/C12H24N2O.ClH/c1-11(2)8-13-12(3,15-9-11)10-6-5-7-14(10)4;/h10,13H,5-9H2,1-4H3;1H.